The first-order valence-corrected chi connectivity index (χ1v) is 9.26. The second-order valence-electron chi connectivity index (χ2n) is 6.59. The summed E-state index contributed by atoms with van der Waals surface area (Å²) in [7, 11) is 0. The molecule has 0 radical (unpaired) electrons. The van der Waals surface area contributed by atoms with Gasteiger partial charge in [-0.1, -0.05) is 0 Å². The second kappa shape index (κ2) is 8.37. The molecule has 0 N–H and O–H groups in total. The van der Waals surface area contributed by atoms with Crippen LogP contribution in [0.4, 0.5) is 11.8 Å². The van der Waals surface area contributed by atoms with Crippen molar-refractivity contribution >= 4 is 11.8 Å². The molecule has 0 bridgehead atoms. The van der Waals surface area contributed by atoms with E-state index in [2.05, 4.69) is 29.7 Å². The van der Waals surface area contributed by atoms with E-state index in [4.69, 9.17) is 9.72 Å². The first kappa shape index (κ1) is 17.1. The topological polar surface area (TPSA) is 70.5 Å². The lowest BCUT2D eigenvalue weighted by Gasteiger charge is -2.35. The van der Waals surface area contributed by atoms with Crippen LogP contribution in [0.15, 0.2) is 30.9 Å². The van der Waals surface area contributed by atoms with E-state index < -0.39 is 0 Å². The number of anilines is 2. The maximum Gasteiger partial charge on any atom is 0.227 e. The average molecular weight is 355 g/mol. The summed E-state index contributed by atoms with van der Waals surface area (Å²) >= 11 is 0. The van der Waals surface area contributed by atoms with E-state index in [0.29, 0.717) is 0 Å². The van der Waals surface area contributed by atoms with Crippen LogP contribution < -0.4 is 9.80 Å². The quantitative estimate of drug-likeness (QED) is 0.767. The van der Waals surface area contributed by atoms with Gasteiger partial charge in [-0.2, -0.15) is 4.98 Å². The van der Waals surface area contributed by atoms with Gasteiger partial charge in [0.1, 0.15) is 5.82 Å². The largest absolute Gasteiger partial charge is 0.378 e. The molecule has 2 aliphatic heterocycles. The number of rotatable bonds is 5. The molecule has 0 amide bonds. The number of hydrogen-bond donors (Lipinski definition) is 0. The fraction of sp³-hybridized carbons (Fsp3) is 0.556. The zero-order valence-corrected chi connectivity index (χ0v) is 15.0. The summed E-state index contributed by atoms with van der Waals surface area (Å²) in [6, 6.07) is 1.99. The molecule has 2 fully saturated rings. The zero-order chi connectivity index (χ0) is 17.6. The van der Waals surface area contributed by atoms with Crippen molar-refractivity contribution in [3.8, 4) is 0 Å². The maximum absolute atomic E-state index is 5.43. The van der Waals surface area contributed by atoms with Crippen LogP contribution in [0.25, 0.3) is 0 Å². The van der Waals surface area contributed by atoms with E-state index in [9.17, 15) is 0 Å². The molecule has 0 unspecified atom stereocenters. The van der Waals surface area contributed by atoms with E-state index in [1.54, 1.807) is 12.4 Å². The van der Waals surface area contributed by atoms with Gasteiger partial charge in [-0.15, -0.1) is 0 Å². The van der Waals surface area contributed by atoms with Crippen molar-refractivity contribution in [2.75, 3.05) is 68.8 Å². The Bertz CT molecular complexity index is 685. The lowest BCUT2D eigenvalue weighted by atomic mass is 10.2. The molecule has 2 aromatic rings. The molecule has 4 rings (SSSR count). The number of hydrogen-bond acceptors (Lipinski definition) is 8. The van der Waals surface area contributed by atoms with Gasteiger partial charge in [0.25, 0.3) is 0 Å². The summed E-state index contributed by atoms with van der Waals surface area (Å²) in [6.07, 6.45) is 8.13. The van der Waals surface area contributed by atoms with Gasteiger partial charge in [0, 0.05) is 77.0 Å². The first-order valence-electron chi connectivity index (χ1n) is 9.26. The third-order valence-corrected chi connectivity index (χ3v) is 4.92. The molecule has 0 aromatic carbocycles. The second-order valence-corrected chi connectivity index (χ2v) is 6.59. The molecule has 26 heavy (non-hydrogen) atoms. The van der Waals surface area contributed by atoms with E-state index >= 15 is 0 Å². The van der Waals surface area contributed by atoms with Gasteiger partial charge in [0.15, 0.2) is 0 Å². The molecular weight excluding hydrogens is 330 g/mol. The highest BCUT2D eigenvalue weighted by Gasteiger charge is 2.20. The maximum atomic E-state index is 5.43. The molecule has 2 aliphatic rings. The van der Waals surface area contributed by atoms with Gasteiger partial charge in [0.05, 0.1) is 18.9 Å². The number of nitrogens with zero attached hydrogens (tertiary/aromatic N) is 7. The summed E-state index contributed by atoms with van der Waals surface area (Å²) < 4.78 is 5.43. The van der Waals surface area contributed by atoms with E-state index in [1.165, 1.54) is 0 Å². The van der Waals surface area contributed by atoms with Crippen LogP contribution in [0.2, 0.25) is 0 Å². The number of morpholine rings is 1. The number of ether oxygens (including phenoxy) is 1. The lowest BCUT2D eigenvalue weighted by Crippen LogP contribution is -2.47. The summed E-state index contributed by atoms with van der Waals surface area (Å²) in [4.78, 5) is 24.8. The number of piperazine rings is 1. The first-order chi connectivity index (χ1) is 12.9. The Morgan fingerprint density at radius 3 is 2.50 bits per heavy atom. The predicted molar refractivity (Wildman–Crippen MR) is 99.5 cm³/mol. The van der Waals surface area contributed by atoms with Gasteiger partial charge in [0.2, 0.25) is 5.95 Å². The van der Waals surface area contributed by atoms with Crippen LogP contribution in [-0.2, 0) is 11.2 Å². The Morgan fingerprint density at radius 1 is 0.885 bits per heavy atom. The molecule has 0 atom stereocenters. The van der Waals surface area contributed by atoms with Crippen molar-refractivity contribution in [1.29, 1.82) is 0 Å². The minimum absolute atomic E-state index is 0.768. The standard InChI is InChI=1S/C18H25N7O/c1-3-21-18(22-17(1)24-11-13-26-14-12-24)25-9-7-23(8-10-25)6-2-16-15-19-4-5-20-16/h1,3-5,15H,2,6-14H2. The molecule has 2 aromatic heterocycles. The van der Waals surface area contributed by atoms with Gasteiger partial charge in [-0.25, -0.2) is 4.98 Å². The molecule has 138 valence electrons. The van der Waals surface area contributed by atoms with Crippen LogP contribution in [0, 0.1) is 0 Å². The van der Waals surface area contributed by atoms with Gasteiger partial charge in [-0.05, 0) is 6.07 Å². The predicted octanol–water partition coefficient (Wildman–Crippen LogP) is 0.468. The van der Waals surface area contributed by atoms with Gasteiger partial charge >= 0.3 is 0 Å². The van der Waals surface area contributed by atoms with Crippen molar-refractivity contribution in [2.45, 2.75) is 6.42 Å². The van der Waals surface area contributed by atoms with Crippen molar-refractivity contribution in [3.05, 3.63) is 36.5 Å². The molecular formula is C18H25N7O. The highest BCUT2D eigenvalue weighted by molar-refractivity contribution is 5.44. The fourth-order valence-electron chi connectivity index (χ4n) is 3.36. The number of aromatic nitrogens is 4. The highest BCUT2D eigenvalue weighted by atomic mass is 16.5. The van der Waals surface area contributed by atoms with Gasteiger partial charge < -0.3 is 14.5 Å². The summed E-state index contributed by atoms with van der Waals surface area (Å²) in [6.45, 7) is 8.28. The minimum atomic E-state index is 0.768. The van der Waals surface area contributed by atoms with Crippen molar-refractivity contribution in [3.63, 3.8) is 0 Å². The molecule has 4 heterocycles. The van der Waals surface area contributed by atoms with E-state index in [1.807, 2.05) is 18.5 Å². The molecule has 8 nitrogen and oxygen atoms in total. The zero-order valence-electron chi connectivity index (χ0n) is 15.0. The van der Waals surface area contributed by atoms with Crippen LogP contribution in [0.1, 0.15) is 5.69 Å². The fourth-order valence-corrected chi connectivity index (χ4v) is 3.36. The third kappa shape index (κ3) is 4.25. The monoisotopic (exact) mass is 355 g/mol. The normalized spacial score (nSPS) is 18.9. The smallest absolute Gasteiger partial charge is 0.227 e. The Morgan fingerprint density at radius 2 is 1.73 bits per heavy atom. The Labute approximate surface area is 153 Å². The van der Waals surface area contributed by atoms with Crippen LogP contribution in [0.5, 0.6) is 0 Å². The summed E-state index contributed by atoms with van der Waals surface area (Å²) in [5, 5.41) is 0. The van der Waals surface area contributed by atoms with Gasteiger partial charge in [-0.3, -0.25) is 14.9 Å². The summed E-state index contributed by atoms with van der Waals surface area (Å²) in [5.41, 5.74) is 1.05. The van der Waals surface area contributed by atoms with Crippen molar-refractivity contribution in [2.24, 2.45) is 0 Å². The molecule has 2 saturated heterocycles. The SMILES string of the molecule is c1cnc(CCN2CCN(c3nccc(N4CCOCC4)n3)CC2)cn1. The van der Waals surface area contributed by atoms with Crippen molar-refractivity contribution < 1.29 is 4.74 Å². The highest BCUT2D eigenvalue weighted by Crippen LogP contribution is 2.17. The molecule has 0 spiro atoms. The van der Waals surface area contributed by atoms with Crippen LogP contribution in [0.3, 0.4) is 0 Å². The average Bonchev–Trinajstić information content (AvgIpc) is 2.74. The Hall–Kier alpha value is -2.32. The van der Waals surface area contributed by atoms with E-state index in [0.717, 1.165) is 82.9 Å². The molecule has 0 aliphatic carbocycles. The van der Waals surface area contributed by atoms with E-state index in [-0.39, 0.29) is 0 Å². The van der Waals surface area contributed by atoms with Crippen LogP contribution >= 0.6 is 0 Å². The Kier molecular flexibility index (Phi) is 5.51. The van der Waals surface area contributed by atoms with Crippen molar-refractivity contribution in [1.82, 2.24) is 24.8 Å². The minimum Gasteiger partial charge on any atom is -0.378 e. The lowest BCUT2D eigenvalue weighted by molar-refractivity contribution is 0.122. The Balaban J connectivity index is 1.30. The summed E-state index contributed by atoms with van der Waals surface area (Å²) in [5.74, 6) is 1.84. The molecule has 0 saturated carbocycles. The third-order valence-electron chi connectivity index (χ3n) is 4.92. The van der Waals surface area contributed by atoms with Crippen LogP contribution in [-0.4, -0.2) is 83.9 Å². The molecule has 8 heteroatoms.